The van der Waals surface area contributed by atoms with Gasteiger partial charge in [-0.2, -0.15) is 0 Å². The summed E-state index contributed by atoms with van der Waals surface area (Å²) in [4.78, 5) is 17.0. The van der Waals surface area contributed by atoms with Gasteiger partial charge in [0.1, 0.15) is 30.0 Å². The first-order chi connectivity index (χ1) is 23.5. The van der Waals surface area contributed by atoms with Crippen LogP contribution in [0.2, 0.25) is 0 Å². The number of aryl methyl sites for hydroxylation is 1. The molecule has 50 heavy (non-hydrogen) atoms. The van der Waals surface area contributed by atoms with E-state index in [0.717, 1.165) is 68.7 Å². The number of ether oxygens (including phenoxy) is 3. The Kier molecular flexibility index (Phi) is 13.6. The van der Waals surface area contributed by atoms with Gasteiger partial charge in [0, 0.05) is 31.9 Å². The Hall–Kier alpha value is -2.87. The van der Waals surface area contributed by atoms with Crippen molar-refractivity contribution in [2.75, 3.05) is 39.3 Å². The molecule has 0 aliphatic carbocycles. The smallest absolute Gasteiger partial charge is 0.410 e. The number of amides is 1. The van der Waals surface area contributed by atoms with E-state index in [-0.39, 0.29) is 29.0 Å². The van der Waals surface area contributed by atoms with Crippen LogP contribution in [0.3, 0.4) is 0 Å². The number of carbonyl (C=O) groups excluding carboxylic acids is 1. The van der Waals surface area contributed by atoms with Gasteiger partial charge in [-0.1, -0.05) is 44.2 Å². The highest BCUT2D eigenvalue weighted by Gasteiger charge is 2.46. The van der Waals surface area contributed by atoms with Gasteiger partial charge >= 0.3 is 6.09 Å². The van der Waals surface area contributed by atoms with Gasteiger partial charge < -0.3 is 49.8 Å². The molecule has 0 saturated carbocycles. The van der Waals surface area contributed by atoms with Crippen LogP contribution in [-0.2, 0) is 20.6 Å². The molecule has 3 aliphatic heterocycles. The number of aliphatic hydroxyl groups is 4. The fourth-order valence-corrected chi connectivity index (χ4v) is 7.27. The number of carbonyl (C=O) groups is 1. The maximum absolute atomic E-state index is 12.5. The van der Waals surface area contributed by atoms with Gasteiger partial charge in [-0.25, -0.2) is 4.79 Å². The Morgan fingerprint density at radius 3 is 2.40 bits per heavy atom. The van der Waals surface area contributed by atoms with Gasteiger partial charge in [0.15, 0.2) is 5.90 Å². The number of aliphatic hydroxyl groups excluding tert-OH is 4. The summed E-state index contributed by atoms with van der Waals surface area (Å²) in [5.74, 6) is -1.19. The molecule has 1 aromatic rings. The lowest BCUT2D eigenvalue weighted by molar-refractivity contribution is -0.282. The van der Waals surface area contributed by atoms with Crippen LogP contribution in [0.4, 0.5) is 4.79 Å². The van der Waals surface area contributed by atoms with Crippen LogP contribution < -0.4 is 0 Å². The first kappa shape index (κ1) is 39.9. The zero-order valence-electron chi connectivity index (χ0n) is 30.7. The Morgan fingerprint density at radius 2 is 1.78 bits per heavy atom. The number of piperidine rings is 2. The topological polar surface area (TPSA) is 180 Å². The van der Waals surface area contributed by atoms with E-state index in [1.807, 2.05) is 58.6 Å². The van der Waals surface area contributed by atoms with Crippen LogP contribution in [0.15, 0.2) is 24.3 Å². The summed E-state index contributed by atoms with van der Waals surface area (Å²) in [5.41, 5.74) is 3.12. The molecule has 1 spiro atoms. The molecule has 3 aliphatic rings. The van der Waals surface area contributed by atoms with Crippen molar-refractivity contribution >= 4 is 23.8 Å². The Morgan fingerprint density at radius 1 is 1.08 bits per heavy atom. The van der Waals surface area contributed by atoms with Crippen LogP contribution in [0.1, 0.15) is 83.4 Å². The second-order valence-corrected chi connectivity index (χ2v) is 15.8. The first-order valence-electron chi connectivity index (χ1n) is 18.1. The van der Waals surface area contributed by atoms with Crippen molar-refractivity contribution in [3.63, 3.8) is 0 Å². The van der Waals surface area contributed by atoms with Crippen LogP contribution in [0.25, 0.3) is 6.08 Å². The zero-order chi connectivity index (χ0) is 36.8. The SMILES string of the molecule is Cc1cc(C=CCCN2CCCC3(CCN(C(=O)OC(C)(C)C)CC3)C2)ccc1CC(C(=N)OC1OC(CO)C(O)C(O)C1O)C(=N)C(C)C. The molecule has 0 aromatic heterocycles. The largest absolute Gasteiger partial charge is 0.449 e. The molecular formula is C38H60N4O8. The van der Waals surface area contributed by atoms with Crippen molar-refractivity contribution in [2.45, 2.75) is 116 Å². The van der Waals surface area contributed by atoms with Gasteiger partial charge in [-0.15, -0.1) is 0 Å². The highest BCUT2D eigenvalue weighted by molar-refractivity contribution is 6.02. The normalized spacial score (nSPS) is 26.7. The molecular weight excluding hydrogens is 640 g/mol. The van der Waals surface area contributed by atoms with Gasteiger partial charge in [0.2, 0.25) is 6.29 Å². The number of benzene rings is 1. The molecule has 4 rings (SSSR count). The highest BCUT2D eigenvalue weighted by atomic mass is 16.7. The van der Waals surface area contributed by atoms with E-state index in [0.29, 0.717) is 6.42 Å². The summed E-state index contributed by atoms with van der Waals surface area (Å²) in [5, 5.41) is 57.6. The molecule has 3 fully saturated rings. The third kappa shape index (κ3) is 10.4. The van der Waals surface area contributed by atoms with Crippen molar-refractivity contribution in [3.05, 3.63) is 41.0 Å². The van der Waals surface area contributed by atoms with E-state index in [1.165, 1.54) is 12.8 Å². The quantitative estimate of drug-likeness (QED) is 0.146. The number of rotatable bonds is 11. The Labute approximate surface area is 297 Å². The minimum atomic E-state index is -1.63. The van der Waals surface area contributed by atoms with Gasteiger partial charge in [-0.3, -0.25) is 5.41 Å². The Bertz CT molecular complexity index is 1350. The summed E-state index contributed by atoms with van der Waals surface area (Å²) in [6.07, 6.45) is 2.43. The monoisotopic (exact) mass is 700 g/mol. The molecule has 6 N–H and O–H groups in total. The van der Waals surface area contributed by atoms with E-state index in [9.17, 15) is 25.2 Å². The average Bonchev–Trinajstić information content (AvgIpc) is 3.05. The van der Waals surface area contributed by atoms with E-state index in [1.54, 1.807) is 0 Å². The standard InChI is InChI=1S/C38H60N4O8/c1-24(2)30(39)28(34(40)49-35-33(46)32(45)31(44)29(22-43)48-35)21-27-12-11-26(20-25(27)3)10-7-8-16-41-17-9-13-38(23-41)14-18-42(19-15-38)36(47)50-37(4,5)6/h7,10-12,20,24,28-29,31-33,35,39-40,43-46H,8-9,13-19,21-23H2,1-6H3. The van der Waals surface area contributed by atoms with E-state index in [4.69, 9.17) is 25.0 Å². The van der Waals surface area contributed by atoms with Crippen molar-refractivity contribution in [1.29, 1.82) is 10.8 Å². The molecule has 1 aromatic carbocycles. The van der Waals surface area contributed by atoms with Crippen molar-refractivity contribution in [3.8, 4) is 0 Å². The number of nitrogens with one attached hydrogen (secondary N) is 2. The van der Waals surface area contributed by atoms with Gasteiger partial charge in [0.25, 0.3) is 0 Å². The minimum absolute atomic E-state index is 0.166. The number of hydrogen-bond acceptors (Lipinski definition) is 11. The average molecular weight is 701 g/mol. The molecule has 6 atom stereocenters. The zero-order valence-corrected chi connectivity index (χ0v) is 30.7. The number of hydrogen-bond donors (Lipinski definition) is 6. The van der Waals surface area contributed by atoms with Crippen molar-refractivity contribution < 1.29 is 39.4 Å². The molecule has 12 heteroatoms. The Balaban J connectivity index is 1.30. The third-order valence-electron chi connectivity index (χ3n) is 10.3. The lowest BCUT2D eigenvalue weighted by Crippen LogP contribution is -2.59. The molecule has 6 unspecified atom stereocenters. The van der Waals surface area contributed by atoms with Crippen LogP contribution in [-0.4, -0.2) is 124 Å². The highest BCUT2D eigenvalue weighted by Crippen LogP contribution is 2.40. The van der Waals surface area contributed by atoms with Crippen molar-refractivity contribution in [1.82, 2.24) is 9.80 Å². The second kappa shape index (κ2) is 17.1. The molecule has 0 bridgehead atoms. The summed E-state index contributed by atoms with van der Waals surface area (Å²) in [6, 6.07) is 6.14. The molecule has 3 heterocycles. The van der Waals surface area contributed by atoms with Crippen LogP contribution >= 0.6 is 0 Å². The fourth-order valence-electron chi connectivity index (χ4n) is 7.27. The molecule has 1 amide bonds. The predicted octanol–water partition coefficient (Wildman–Crippen LogP) is 4.14. The first-order valence-corrected chi connectivity index (χ1v) is 18.1. The van der Waals surface area contributed by atoms with Crippen LogP contribution in [0, 0.1) is 35.0 Å². The molecule has 0 radical (unpaired) electrons. The van der Waals surface area contributed by atoms with Crippen molar-refractivity contribution in [2.24, 2.45) is 17.3 Å². The molecule has 280 valence electrons. The fraction of sp³-hybridized carbons (Fsp3) is 0.711. The maximum atomic E-state index is 12.5. The molecule has 12 nitrogen and oxygen atoms in total. The summed E-state index contributed by atoms with van der Waals surface area (Å²) < 4.78 is 16.7. The molecule has 3 saturated heterocycles. The van der Waals surface area contributed by atoms with E-state index < -0.39 is 48.8 Å². The lowest BCUT2D eigenvalue weighted by Gasteiger charge is -2.47. The van der Waals surface area contributed by atoms with E-state index >= 15 is 0 Å². The van der Waals surface area contributed by atoms with Gasteiger partial charge in [-0.05, 0) is 101 Å². The predicted molar refractivity (Wildman–Crippen MR) is 192 cm³/mol. The second-order valence-electron chi connectivity index (χ2n) is 15.8. The number of likely N-dealkylation sites (tertiary alicyclic amines) is 2. The minimum Gasteiger partial charge on any atom is -0.449 e. The van der Waals surface area contributed by atoms with Crippen LogP contribution in [0.5, 0.6) is 0 Å². The third-order valence-corrected chi connectivity index (χ3v) is 10.3. The maximum Gasteiger partial charge on any atom is 0.410 e. The van der Waals surface area contributed by atoms with Gasteiger partial charge in [0.05, 0.1) is 12.5 Å². The summed E-state index contributed by atoms with van der Waals surface area (Å²) >= 11 is 0. The summed E-state index contributed by atoms with van der Waals surface area (Å²) in [7, 11) is 0. The lowest BCUT2D eigenvalue weighted by atomic mass is 9.72. The number of nitrogens with zero attached hydrogens (tertiary/aromatic N) is 2. The van der Waals surface area contributed by atoms with E-state index in [2.05, 4.69) is 23.1 Å². The summed E-state index contributed by atoms with van der Waals surface area (Å²) in [6.45, 7) is 15.5.